The summed E-state index contributed by atoms with van der Waals surface area (Å²) in [5, 5.41) is 4.17. The van der Waals surface area contributed by atoms with Crippen LogP contribution >= 0.6 is 0 Å². The Hall–Kier alpha value is -1.62. The van der Waals surface area contributed by atoms with Gasteiger partial charge in [-0.2, -0.15) is 5.10 Å². The summed E-state index contributed by atoms with van der Waals surface area (Å²) in [5.74, 6) is 0.416. The van der Waals surface area contributed by atoms with Crippen LogP contribution in [-0.4, -0.2) is 19.3 Å². The fourth-order valence-electron chi connectivity index (χ4n) is 1.99. The number of nitrogens with two attached hydrogens (primary N) is 1. The van der Waals surface area contributed by atoms with Crippen LogP contribution in [0.1, 0.15) is 31.1 Å². The molecule has 98 valence electrons. The minimum atomic E-state index is 0.0430. The molecule has 0 fully saturated rings. The Morgan fingerprint density at radius 1 is 1.33 bits per heavy atom. The zero-order valence-electron chi connectivity index (χ0n) is 11.2. The molecule has 0 aliphatic carbocycles. The molecule has 5 nitrogen and oxygen atoms in total. The highest BCUT2D eigenvalue weighted by molar-refractivity contribution is 5.08. The molecule has 2 aromatic rings. The second kappa shape index (κ2) is 5.35. The summed E-state index contributed by atoms with van der Waals surface area (Å²) < 4.78 is 3.96. The van der Waals surface area contributed by atoms with Crippen LogP contribution in [0.25, 0.3) is 0 Å². The van der Waals surface area contributed by atoms with Gasteiger partial charge in [0, 0.05) is 32.0 Å². The highest BCUT2D eigenvalue weighted by atomic mass is 15.2. The second-order valence-electron chi connectivity index (χ2n) is 5.05. The van der Waals surface area contributed by atoms with Crippen LogP contribution in [0.5, 0.6) is 0 Å². The number of imidazole rings is 1. The fraction of sp³-hybridized carbons (Fsp3) is 0.538. The van der Waals surface area contributed by atoms with Crippen molar-refractivity contribution in [2.75, 3.05) is 0 Å². The molecule has 0 saturated heterocycles. The molecule has 2 rings (SSSR count). The van der Waals surface area contributed by atoms with Crippen LogP contribution in [-0.2, 0) is 20.0 Å². The molecular weight excluding hydrogens is 226 g/mol. The van der Waals surface area contributed by atoms with Gasteiger partial charge in [-0.1, -0.05) is 13.8 Å². The van der Waals surface area contributed by atoms with Crippen molar-refractivity contribution in [1.82, 2.24) is 19.3 Å². The molecule has 0 aliphatic heterocycles. The van der Waals surface area contributed by atoms with E-state index in [1.54, 1.807) is 0 Å². The van der Waals surface area contributed by atoms with Crippen LogP contribution in [0.3, 0.4) is 0 Å². The van der Waals surface area contributed by atoms with Gasteiger partial charge in [-0.05, 0) is 17.9 Å². The summed E-state index contributed by atoms with van der Waals surface area (Å²) in [6.07, 6.45) is 8.61. The van der Waals surface area contributed by atoms with E-state index in [2.05, 4.69) is 28.5 Å². The zero-order valence-corrected chi connectivity index (χ0v) is 11.2. The van der Waals surface area contributed by atoms with E-state index in [0.717, 1.165) is 18.7 Å². The van der Waals surface area contributed by atoms with Gasteiger partial charge in [0.05, 0.1) is 18.2 Å². The molecule has 0 aromatic carbocycles. The summed E-state index contributed by atoms with van der Waals surface area (Å²) >= 11 is 0. The Labute approximate surface area is 108 Å². The summed E-state index contributed by atoms with van der Waals surface area (Å²) in [6.45, 7) is 5.15. The van der Waals surface area contributed by atoms with E-state index >= 15 is 0 Å². The monoisotopic (exact) mass is 247 g/mol. The molecule has 2 heterocycles. The van der Waals surface area contributed by atoms with Crippen molar-refractivity contribution in [3.05, 3.63) is 36.2 Å². The van der Waals surface area contributed by atoms with E-state index in [9.17, 15) is 0 Å². The lowest BCUT2D eigenvalue weighted by Gasteiger charge is -2.17. The second-order valence-corrected chi connectivity index (χ2v) is 5.05. The smallest absolute Gasteiger partial charge is 0.0948 e. The van der Waals surface area contributed by atoms with E-state index in [0.29, 0.717) is 5.92 Å². The summed E-state index contributed by atoms with van der Waals surface area (Å²) in [6, 6.07) is 0.0430. The third-order valence-electron chi connectivity index (χ3n) is 3.20. The Kier molecular flexibility index (Phi) is 3.81. The van der Waals surface area contributed by atoms with Crippen molar-refractivity contribution >= 4 is 0 Å². The van der Waals surface area contributed by atoms with Crippen molar-refractivity contribution in [2.45, 2.75) is 32.9 Å². The molecule has 0 amide bonds. The van der Waals surface area contributed by atoms with Crippen LogP contribution in [0, 0.1) is 5.92 Å². The third-order valence-corrected chi connectivity index (χ3v) is 3.20. The van der Waals surface area contributed by atoms with Crippen LogP contribution < -0.4 is 5.73 Å². The van der Waals surface area contributed by atoms with Gasteiger partial charge >= 0.3 is 0 Å². The number of aryl methyl sites for hydroxylation is 3. The molecule has 0 saturated carbocycles. The lowest BCUT2D eigenvalue weighted by atomic mass is 10.0. The first-order chi connectivity index (χ1) is 8.58. The van der Waals surface area contributed by atoms with Gasteiger partial charge in [0.2, 0.25) is 0 Å². The van der Waals surface area contributed by atoms with E-state index in [1.165, 1.54) is 5.56 Å². The van der Waals surface area contributed by atoms with Crippen molar-refractivity contribution in [3.63, 3.8) is 0 Å². The number of hydrogen-bond donors (Lipinski definition) is 1. The first-order valence-corrected chi connectivity index (χ1v) is 6.31. The van der Waals surface area contributed by atoms with Crippen molar-refractivity contribution in [2.24, 2.45) is 18.7 Å². The Morgan fingerprint density at radius 3 is 2.72 bits per heavy atom. The molecule has 2 aromatic heterocycles. The van der Waals surface area contributed by atoms with Crippen LogP contribution in [0.4, 0.5) is 0 Å². The molecule has 0 spiro atoms. The number of aromatic nitrogens is 4. The summed E-state index contributed by atoms with van der Waals surface area (Å²) in [5.41, 5.74) is 8.52. The van der Waals surface area contributed by atoms with Gasteiger partial charge in [-0.3, -0.25) is 4.68 Å². The first-order valence-electron chi connectivity index (χ1n) is 6.31. The van der Waals surface area contributed by atoms with E-state index in [-0.39, 0.29) is 6.04 Å². The molecule has 2 N–H and O–H groups in total. The van der Waals surface area contributed by atoms with Gasteiger partial charge in [-0.15, -0.1) is 0 Å². The zero-order chi connectivity index (χ0) is 13.1. The molecule has 0 radical (unpaired) electrons. The quantitative estimate of drug-likeness (QED) is 0.871. The maximum absolute atomic E-state index is 6.18. The summed E-state index contributed by atoms with van der Waals surface area (Å²) in [7, 11) is 1.93. The van der Waals surface area contributed by atoms with E-state index in [1.807, 2.05) is 36.6 Å². The van der Waals surface area contributed by atoms with Gasteiger partial charge in [0.1, 0.15) is 0 Å². The lowest BCUT2D eigenvalue weighted by molar-refractivity contribution is 0.477. The standard InChI is InChI=1S/C13H21N5/c1-10(2)13(14)12-7-15-9-18(12)5-4-11-6-16-17(3)8-11/h6-10,13H,4-5,14H2,1-3H3. The number of rotatable bonds is 5. The van der Waals surface area contributed by atoms with Gasteiger partial charge < -0.3 is 10.3 Å². The average Bonchev–Trinajstić information content (AvgIpc) is 2.93. The van der Waals surface area contributed by atoms with Crippen molar-refractivity contribution in [3.8, 4) is 0 Å². The minimum Gasteiger partial charge on any atom is -0.333 e. The molecule has 0 aliphatic rings. The largest absolute Gasteiger partial charge is 0.333 e. The third kappa shape index (κ3) is 2.79. The normalized spacial score (nSPS) is 13.2. The van der Waals surface area contributed by atoms with Gasteiger partial charge in [-0.25, -0.2) is 4.98 Å². The highest BCUT2D eigenvalue weighted by Gasteiger charge is 2.14. The molecule has 0 bridgehead atoms. The first kappa shape index (κ1) is 12.8. The van der Waals surface area contributed by atoms with E-state index in [4.69, 9.17) is 5.73 Å². The van der Waals surface area contributed by atoms with Crippen molar-refractivity contribution in [1.29, 1.82) is 0 Å². The van der Waals surface area contributed by atoms with Gasteiger partial charge in [0.15, 0.2) is 0 Å². The topological polar surface area (TPSA) is 61.7 Å². The molecule has 5 heteroatoms. The average molecular weight is 247 g/mol. The number of nitrogens with zero attached hydrogens (tertiary/aromatic N) is 4. The Balaban J connectivity index is 2.04. The van der Waals surface area contributed by atoms with Crippen molar-refractivity contribution < 1.29 is 0 Å². The molecular formula is C13H21N5. The fourth-order valence-corrected chi connectivity index (χ4v) is 1.99. The highest BCUT2D eigenvalue weighted by Crippen LogP contribution is 2.18. The van der Waals surface area contributed by atoms with Crippen LogP contribution in [0.15, 0.2) is 24.9 Å². The predicted octanol–water partition coefficient (Wildman–Crippen LogP) is 1.52. The van der Waals surface area contributed by atoms with Crippen LogP contribution in [0.2, 0.25) is 0 Å². The molecule has 18 heavy (non-hydrogen) atoms. The molecule has 1 unspecified atom stereocenters. The minimum absolute atomic E-state index is 0.0430. The maximum atomic E-state index is 6.18. The predicted molar refractivity (Wildman–Crippen MR) is 70.9 cm³/mol. The SMILES string of the molecule is CC(C)C(N)c1cncn1CCc1cnn(C)c1. The van der Waals surface area contributed by atoms with E-state index < -0.39 is 0 Å². The van der Waals surface area contributed by atoms with Gasteiger partial charge in [0.25, 0.3) is 0 Å². The lowest BCUT2D eigenvalue weighted by Crippen LogP contribution is -2.20. The summed E-state index contributed by atoms with van der Waals surface area (Å²) in [4.78, 5) is 4.21. The molecule has 1 atom stereocenters. The number of hydrogen-bond acceptors (Lipinski definition) is 3. The Bertz CT molecular complexity index is 497. The maximum Gasteiger partial charge on any atom is 0.0948 e. The Morgan fingerprint density at radius 2 is 2.11 bits per heavy atom.